The summed E-state index contributed by atoms with van der Waals surface area (Å²) in [6.45, 7) is 9.17. The summed E-state index contributed by atoms with van der Waals surface area (Å²) in [7, 11) is 0. The number of benzene rings is 2. The number of nitrogens with two attached hydrogens (primary N) is 1. The lowest BCUT2D eigenvalue weighted by Gasteiger charge is -2.28. The Labute approximate surface area is 215 Å². The lowest BCUT2D eigenvalue weighted by Crippen LogP contribution is -2.28. The van der Waals surface area contributed by atoms with E-state index in [2.05, 4.69) is 48.6 Å². The third-order valence-corrected chi connectivity index (χ3v) is 8.07. The second-order valence-electron chi connectivity index (χ2n) is 11.6. The maximum atomic E-state index is 15.4. The zero-order chi connectivity index (χ0) is 26.8. The van der Waals surface area contributed by atoms with Crippen molar-refractivity contribution in [2.24, 2.45) is 17.1 Å². The molecule has 0 aromatic heterocycles. The highest BCUT2D eigenvalue weighted by Gasteiger charge is 2.53. The molecule has 5 rings (SSSR count). The van der Waals surface area contributed by atoms with Crippen LogP contribution in [0.1, 0.15) is 76.0 Å². The molecule has 3 aliphatic rings. The fourth-order valence-corrected chi connectivity index (χ4v) is 5.53. The Balaban J connectivity index is 1.46. The summed E-state index contributed by atoms with van der Waals surface area (Å²) in [6, 6.07) is 7.62. The highest BCUT2D eigenvalue weighted by atomic mass is 19.3. The summed E-state index contributed by atoms with van der Waals surface area (Å²) in [5.41, 5.74) is 8.61. The Hall–Kier alpha value is -3.00. The average Bonchev–Trinajstić information content (AvgIpc) is 3.57. The summed E-state index contributed by atoms with van der Waals surface area (Å²) in [4.78, 5) is 13.4. The van der Waals surface area contributed by atoms with Gasteiger partial charge in [0.2, 0.25) is 5.91 Å². The van der Waals surface area contributed by atoms with Crippen molar-refractivity contribution in [3.8, 4) is 11.5 Å². The molecule has 5 nitrogen and oxygen atoms in total. The first kappa shape index (κ1) is 25.6. The van der Waals surface area contributed by atoms with E-state index in [0.29, 0.717) is 30.9 Å². The molecule has 2 aromatic carbocycles. The molecular formula is C29H33F3N2O3. The van der Waals surface area contributed by atoms with Crippen LogP contribution >= 0.6 is 0 Å². The zero-order valence-electron chi connectivity index (χ0n) is 21.6. The van der Waals surface area contributed by atoms with Crippen molar-refractivity contribution in [3.05, 3.63) is 58.4 Å². The third-order valence-electron chi connectivity index (χ3n) is 8.07. The number of halogens is 3. The highest BCUT2D eigenvalue weighted by Crippen LogP contribution is 2.52. The largest absolute Gasteiger partial charge is 0.586 e. The van der Waals surface area contributed by atoms with E-state index in [1.807, 2.05) is 0 Å². The van der Waals surface area contributed by atoms with Crippen LogP contribution in [0.4, 0.5) is 18.9 Å². The molecule has 2 aromatic rings. The first-order valence-electron chi connectivity index (χ1n) is 12.8. The van der Waals surface area contributed by atoms with Gasteiger partial charge in [-0.05, 0) is 90.4 Å². The number of hydrogen-bond donors (Lipinski definition) is 2. The summed E-state index contributed by atoms with van der Waals surface area (Å²) >= 11 is 0. The van der Waals surface area contributed by atoms with Gasteiger partial charge in [0.05, 0.1) is 11.1 Å². The third kappa shape index (κ3) is 4.72. The number of anilines is 1. The molecule has 2 atom stereocenters. The first-order chi connectivity index (χ1) is 17.3. The van der Waals surface area contributed by atoms with Gasteiger partial charge in [0.15, 0.2) is 11.5 Å². The molecular weight excluding hydrogens is 481 g/mol. The van der Waals surface area contributed by atoms with Crippen molar-refractivity contribution < 1.29 is 27.4 Å². The van der Waals surface area contributed by atoms with Gasteiger partial charge in [-0.15, -0.1) is 8.78 Å². The normalized spacial score (nSPS) is 23.1. The van der Waals surface area contributed by atoms with Crippen LogP contribution in [0.3, 0.4) is 0 Å². The monoisotopic (exact) mass is 514 g/mol. The summed E-state index contributed by atoms with van der Waals surface area (Å²) in [5, 5.41) is 2.79. The molecule has 0 spiro atoms. The van der Waals surface area contributed by atoms with Gasteiger partial charge in [0.25, 0.3) is 0 Å². The molecule has 1 fully saturated rings. The number of ether oxygens (including phenoxy) is 2. The van der Waals surface area contributed by atoms with Gasteiger partial charge in [-0.1, -0.05) is 45.4 Å². The van der Waals surface area contributed by atoms with Crippen LogP contribution in [0.25, 0.3) is 6.08 Å². The lowest BCUT2D eigenvalue weighted by atomic mass is 9.77. The molecule has 0 radical (unpaired) electrons. The topological polar surface area (TPSA) is 73.6 Å². The SMILES string of the molecule is CC1c2cc(F)c(NC(=O)C3(c4ccc5c(c4)OC(F)(F)O5)CC3)cc2C=C(C(C)(C)C)CC1CCN. The van der Waals surface area contributed by atoms with Crippen molar-refractivity contribution in [3.63, 3.8) is 0 Å². The van der Waals surface area contributed by atoms with Crippen molar-refractivity contribution in [1.82, 2.24) is 0 Å². The Kier molecular flexibility index (Phi) is 6.09. The molecule has 8 heteroatoms. The average molecular weight is 515 g/mol. The Morgan fingerprint density at radius 2 is 1.84 bits per heavy atom. The van der Waals surface area contributed by atoms with E-state index < -0.39 is 17.5 Å². The second-order valence-corrected chi connectivity index (χ2v) is 11.6. The zero-order valence-corrected chi connectivity index (χ0v) is 21.6. The van der Waals surface area contributed by atoms with Gasteiger partial charge in [-0.3, -0.25) is 4.79 Å². The Bertz CT molecular complexity index is 1280. The van der Waals surface area contributed by atoms with Gasteiger partial charge < -0.3 is 20.5 Å². The maximum Gasteiger partial charge on any atom is 0.586 e. The number of amides is 1. The van der Waals surface area contributed by atoms with Crippen LogP contribution in [-0.4, -0.2) is 18.7 Å². The maximum absolute atomic E-state index is 15.4. The molecule has 1 heterocycles. The van der Waals surface area contributed by atoms with Gasteiger partial charge in [0.1, 0.15) is 5.82 Å². The number of nitrogens with one attached hydrogen (secondary N) is 1. The number of carbonyl (C=O) groups excluding carboxylic acids is 1. The fraction of sp³-hybridized carbons (Fsp3) is 0.483. The van der Waals surface area contributed by atoms with Crippen LogP contribution in [0, 0.1) is 17.2 Å². The summed E-state index contributed by atoms with van der Waals surface area (Å²) in [5.74, 6) is -0.664. The van der Waals surface area contributed by atoms with E-state index in [1.165, 1.54) is 23.8 Å². The highest BCUT2D eigenvalue weighted by molar-refractivity contribution is 6.01. The minimum atomic E-state index is -3.73. The first-order valence-corrected chi connectivity index (χ1v) is 12.8. The van der Waals surface area contributed by atoms with Crippen LogP contribution in [0.5, 0.6) is 11.5 Å². The molecule has 37 heavy (non-hydrogen) atoms. The molecule has 2 aliphatic carbocycles. The smallest absolute Gasteiger partial charge is 0.395 e. The van der Waals surface area contributed by atoms with Crippen LogP contribution < -0.4 is 20.5 Å². The number of carbonyl (C=O) groups is 1. The molecule has 2 unspecified atom stereocenters. The number of fused-ring (bicyclic) bond motifs is 2. The number of hydrogen-bond acceptors (Lipinski definition) is 4. The van der Waals surface area contributed by atoms with Gasteiger partial charge in [-0.25, -0.2) is 4.39 Å². The van der Waals surface area contributed by atoms with E-state index >= 15 is 4.39 Å². The van der Waals surface area contributed by atoms with Crippen molar-refractivity contribution >= 4 is 17.7 Å². The standard InChI is InChI=1S/C29H33F3N2O3/c1-16-17(7-10-33)11-20(27(2,3)4)12-18-13-23(22(30)15-21(16)18)34-26(35)28(8-9-28)19-5-6-24-25(14-19)37-29(31,32)36-24/h5-6,12-17H,7-11,33H2,1-4H3,(H,34,35). The van der Waals surface area contributed by atoms with E-state index in [4.69, 9.17) is 5.73 Å². The van der Waals surface area contributed by atoms with E-state index in [0.717, 1.165) is 24.0 Å². The number of alkyl halides is 2. The molecule has 1 saturated carbocycles. The second kappa shape index (κ2) is 8.79. The molecule has 1 amide bonds. The Morgan fingerprint density at radius 1 is 1.14 bits per heavy atom. The quantitative estimate of drug-likeness (QED) is 0.465. The van der Waals surface area contributed by atoms with Gasteiger partial charge >= 0.3 is 6.29 Å². The number of allylic oxidation sites excluding steroid dienone is 1. The minimum Gasteiger partial charge on any atom is -0.395 e. The van der Waals surface area contributed by atoms with Crippen LogP contribution in [0.15, 0.2) is 35.9 Å². The van der Waals surface area contributed by atoms with Gasteiger partial charge in [0, 0.05) is 0 Å². The summed E-state index contributed by atoms with van der Waals surface area (Å²) < 4.78 is 51.3. The summed E-state index contributed by atoms with van der Waals surface area (Å²) in [6.07, 6.45) is 1.16. The Morgan fingerprint density at radius 3 is 2.49 bits per heavy atom. The van der Waals surface area contributed by atoms with Crippen molar-refractivity contribution in [1.29, 1.82) is 0 Å². The predicted octanol–water partition coefficient (Wildman–Crippen LogP) is 6.72. The van der Waals surface area contributed by atoms with E-state index in [-0.39, 0.29) is 34.4 Å². The lowest BCUT2D eigenvalue weighted by molar-refractivity contribution is -0.286. The molecule has 0 bridgehead atoms. The van der Waals surface area contributed by atoms with E-state index in [1.54, 1.807) is 12.1 Å². The van der Waals surface area contributed by atoms with Crippen molar-refractivity contribution in [2.45, 2.75) is 71.0 Å². The molecule has 3 N–H and O–H groups in total. The minimum absolute atomic E-state index is 0.0692. The van der Waals surface area contributed by atoms with Crippen LogP contribution in [0.2, 0.25) is 0 Å². The number of rotatable bonds is 5. The molecule has 1 aliphatic heterocycles. The predicted molar refractivity (Wildman–Crippen MR) is 136 cm³/mol. The van der Waals surface area contributed by atoms with Crippen LogP contribution in [-0.2, 0) is 10.2 Å². The van der Waals surface area contributed by atoms with Crippen molar-refractivity contribution in [2.75, 3.05) is 11.9 Å². The molecule has 198 valence electrons. The van der Waals surface area contributed by atoms with Gasteiger partial charge in [-0.2, -0.15) is 0 Å². The fourth-order valence-electron chi connectivity index (χ4n) is 5.53. The molecule has 0 saturated heterocycles. The van der Waals surface area contributed by atoms with E-state index in [9.17, 15) is 13.6 Å².